The smallest absolute Gasteiger partial charge is 0.180 e. The van der Waals surface area contributed by atoms with Crippen LogP contribution < -0.4 is 16.6 Å². The van der Waals surface area contributed by atoms with E-state index in [4.69, 9.17) is 5.84 Å². The molecule has 19 heavy (non-hydrogen) atoms. The summed E-state index contributed by atoms with van der Waals surface area (Å²) < 4.78 is 1.93. The van der Waals surface area contributed by atoms with Gasteiger partial charge in [0, 0.05) is 18.4 Å². The monoisotopic (exact) mass is 260 g/mol. The number of fused-ring (bicyclic) bond motifs is 1. The highest BCUT2D eigenvalue weighted by Crippen LogP contribution is 2.27. The van der Waals surface area contributed by atoms with Gasteiger partial charge in [-0.15, -0.1) is 0 Å². The topological polar surface area (TPSA) is 80.3 Å². The Balaban J connectivity index is 1.88. The van der Waals surface area contributed by atoms with Crippen LogP contribution in [0.2, 0.25) is 0 Å². The van der Waals surface area contributed by atoms with E-state index in [0.29, 0.717) is 11.9 Å². The first-order chi connectivity index (χ1) is 9.26. The molecule has 0 amide bonds. The van der Waals surface area contributed by atoms with Gasteiger partial charge in [0.1, 0.15) is 0 Å². The summed E-state index contributed by atoms with van der Waals surface area (Å²) in [5.41, 5.74) is 3.44. The van der Waals surface area contributed by atoms with Crippen molar-refractivity contribution in [2.24, 2.45) is 11.8 Å². The second-order valence-corrected chi connectivity index (χ2v) is 5.39. The van der Waals surface area contributed by atoms with Gasteiger partial charge in [-0.05, 0) is 18.8 Å². The number of nitrogens with zero attached hydrogens (tertiary/aromatic N) is 3. The van der Waals surface area contributed by atoms with Crippen molar-refractivity contribution in [3.63, 3.8) is 0 Å². The number of rotatable bonds is 3. The fraction of sp³-hybridized carbons (Fsp3) is 0.538. The Morgan fingerprint density at radius 1 is 1.42 bits per heavy atom. The molecule has 2 aromatic rings. The molecule has 0 bridgehead atoms. The van der Waals surface area contributed by atoms with Crippen molar-refractivity contribution < 1.29 is 0 Å². The minimum absolute atomic E-state index is 0.477. The predicted molar refractivity (Wildman–Crippen MR) is 75.8 cm³/mol. The van der Waals surface area contributed by atoms with Gasteiger partial charge >= 0.3 is 0 Å². The van der Waals surface area contributed by atoms with Crippen LogP contribution in [0, 0.1) is 5.92 Å². The van der Waals surface area contributed by atoms with Gasteiger partial charge in [0.2, 0.25) is 0 Å². The largest absolute Gasteiger partial charge is 0.364 e. The summed E-state index contributed by atoms with van der Waals surface area (Å²) in [5, 5.41) is 3.53. The first-order valence-electron chi connectivity index (χ1n) is 6.83. The molecule has 0 aromatic carbocycles. The number of hydrazine groups is 1. The van der Waals surface area contributed by atoms with E-state index in [2.05, 4.69) is 27.6 Å². The van der Waals surface area contributed by atoms with Crippen molar-refractivity contribution in [3.8, 4) is 0 Å². The summed E-state index contributed by atoms with van der Waals surface area (Å²) in [5.74, 6) is 7.68. The number of aromatic nitrogens is 3. The van der Waals surface area contributed by atoms with Gasteiger partial charge in [-0.1, -0.05) is 19.8 Å². The van der Waals surface area contributed by atoms with Crippen LogP contribution in [0.4, 0.5) is 11.6 Å². The van der Waals surface area contributed by atoms with Gasteiger partial charge < -0.3 is 15.1 Å². The predicted octanol–water partition coefficient (Wildman–Crippen LogP) is 2.01. The Hall–Kier alpha value is -1.82. The normalized spacial score (nSPS) is 23.5. The number of hydrogen-bond acceptors (Lipinski definition) is 5. The number of anilines is 2. The number of nitrogens with two attached hydrogens (primary N) is 1. The maximum Gasteiger partial charge on any atom is 0.180 e. The molecule has 1 aliphatic carbocycles. The maximum atomic E-state index is 5.46. The molecule has 0 saturated heterocycles. The van der Waals surface area contributed by atoms with Gasteiger partial charge in [-0.3, -0.25) is 0 Å². The minimum atomic E-state index is 0.477. The third kappa shape index (κ3) is 2.49. The molecule has 0 radical (unpaired) electrons. The summed E-state index contributed by atoms with van der Waals surface area (Å²) in [6, 6.07) is 0.477. The van der Waals surface area contributed by atoms with Crippen LogP contribution in [0.25, 0.3) is 5.65 Å². The van der Waals surface area contributed by atoms with Crippen molar-refractivity contribution in [3.05, 3.63) is 18.6 Å². The molecule has 2 aromatic heterocycles. The first-order valence-corrected chi connectivity index (χ1v) is 6.83. The van der Waals surface area contributed by atoms with Crippen LogP contribution in [-0.4, -0.2) is 20.4 Å². The molecule has 2 unspecified atom stereocenters. The van der Waals surface area contributed by atoms with E-state index in [1.807, 2.05) is 16.8 Å². The van der Waals surface area contributed by atoms with Gasteiger partial charge in [0.15, 0.2) is 17.3 Å². The molecular formula is C13H20N6. The number of nitrogen functional groups attached to an aromatic ring is 1. The van der Waals surface area contributed by atoms with Crippen LogP contribution in [0.3, 0.4) is 0 Å². The number of imidazole rings is 1. The number of hydrogen-bond donors (Lipinski definition) is 3. The second-order valence-electron chi connectivity index (χ2n) is 5.39. The molecule has 2 atom stereocenters. The fourth-order valence-corrected chi connectivity index (χ4v) is 2.86. The second kappa shape index (κ2) is 5.05. The van der Waals surface area contributed by atoms with E-state index in [1.165, 1.54) is 25.7 Å². The highest BCUT2D eigenvalue weighted by atomic mass is 15.3. The van der Waals surface area contributed by atoms with Crippen molar-refractivity contribution in [1.29, 1.82) is 0 Å². The molecule has 1 fully saturated rings. The maximum absolute atomic E-state index is 5.46. The van der Waals surface area contributed by atoms with Gasteiger partial charge in [0.25, 0.3) is 0 Å². The molecule has 1 aliphatic rings. The third-order valence-electron chi connectivity index (χ3n) is 3.80. The Kier molecular flexibility index (Phi) is 3.25. The molecule has 0 spiro atoms. The molecule has 4 N–H and O–H groups in total. The minimum Gasteiger partial charge on any atom is -0.364 e. The average Bonchev–Trinajstić information content (AvgIpc) is 2.87. The Bertz CT molecular complexity index is 563. The molecular weight excluding hydrogens is 240 g/mol. The summed E-state index contributed by atoms with van der Waals surface area (Å²) in [4.78, 5) is 8.83. The van der Waals surface area contributed by atoms with Crippen LogP contribution in [-0.2, 0) is 0 Å². The van der Waals surface area contributed by atoms with Crippen molar-refractivity contribution in [2.45, 2.75) is 38.6 Å². The lowest BCUT2D eigenvalue weighted by molar-refractivity contribution is 0.358. The molecule has 1 saturated carbocycles. The summed E-state index contributed by atoms with van der Waals surface area (Å²) >= 11 is 0. The van der Waals surface area contributed by atoms with E-state index >= 15 is 0 Å². The Morgan fingerprint density at radius 3 is 3.11 bits per heavy atom. The van der Waals surface area contributed by atoms with Gasteiger partial charge in [0.05, 0.1) is 6.20 Å². The Morgan fingerprint density at radius 2 is 2.32 bits per heavy atom. The third-order valence-corrected chi connectivity index (χ3v) is 3.80. The SMILES string of the molecule is CC1CCCC(Nc2nc(NN)cn3ccnc23)C1. The number of nitrogens with one attached hydrogen (secondary N) is 2. The van der Waals surface area contributed by atoms with E-state index in [-0.39, 0.29) is 0 Å². The lowest BCUT2D eigenvalue weighted by atomic mass is 9.87. The van der Waals surface area contributed by atoms with Gasteiger partial charge in [-0.25, -0.2) is 15.8 Å². The lowest BCUT2D eigenvalue weighted by Crippen LogP contribution is -2.27. The summed E-state index contributed by atoms with van der Waals surface area (Å²) in [7, 11) is 0. The van der Waals surface area contributed by atoms with E-state index in [1.54, 1.807) is 6.20 Å². The quantitative estimate of drug-likeness (QED) is 0.581. The van der Waals surface area contributed by atoms with Crippen LogP contribution in [0.1, 0.15) is 32.6 Å². The first kappa shape index (κ1) is 12.2. The standard InChI is InChI=1S/C13H20N6/c1-9-3-2-4-10(7-9)16-12-13-15-5-6-19(13)8-11(17-12)18-14/h5-6,8-10,18H,2-4,7,14H2,1H3,(H,16,17). The molecule has 3 rings (SSSR count). The Labute approximate surface area is 112 Å². The molecule has 6 nitrogen and oxygen atoms in total. The molecule has 0 aliphatic heterocycles. The van der Waals surface area contributed by atoms with Crippen molar-refractivity contribution in [2.75, 3.05) is 10.7 Å². The van der Waals surface area contributed by atoms with E-state index < -0.39 is 0 Å². The summed E-state index contributed by atoms with van der Waals surface area (Å²) in [6.07, 6.45) is 10.5. The lowest BCUT2D eigenvalue weighted by Gasteiger charge is -2.28. The zero-order chi connectivity index (χ0) is 13.2. The van der Waals surface area contributed by atoms with Crippen molar-refractivity contribution >= 4 is 17.3 Å². The fourth-order valence-electron chi connectivity index (χ4n) is 2.86. The average molecular weight is 260 g/mol. The van der Waals surface area contributed by atoms with E-state index in [0.717, 1.165) is 17.4 Å². The molecule has 2 heterocycles. The van der Waals surface area contributed by atoms with Crippen LogP contribution in [0.5, 0.6) is 0 Å². The van der Waals surface area contributed by atoms with E-state index in [9.17, 15) is 0 Å². The zero-order valence-corrected chi connectivity index (χ0v) is 11.1. The highest BCUT2D eigenvalue weighted by molar-refractivity contribution is 5.65. The summed E-state index contributed by atoms with van der Waals surface area (Å²) in [6.45, 7) is 2.31. The van der Waals surface area contributed by atoms with Crippen LogP contribution >= 0.6 is 0 Å². The van der Waals surface area contributed by atoms with Crippen molar-refractivity contribution in [1.82, 2.24) is 14.4 Å². The van der Waals surface area contributed by atoms with Crippen LogP contribution in [0.15, 0.2) is 18.6 Å². The molecule has 6 heteroatoms. The highest BCUT2D eigenvalue weighted by Gasteiger charge is 2.20. The molecule has 102 valence electrons. The van der Waals surface area contributed by atoms with Gasteiger partial charge in [-0.2, -0.15) is 0 Å². The zero-order valence-electron chi connectivity index (χ0n) is 11.1.